The number of ether oxygens (including phenoxy) is 1. The lowest BCUT2D eigenvalue weighted by molar-refractivity contribution is 0.0896. The molecule has 2 amide bonds. The first-order valence-electron chi connectivity index (χ1n) is 10.3. The van der Waals surface area contributed by atoms with Gasteiger partial charge in [0.05, 0.1) is 24.9 Å². The fraction of sp³-hybridized carbons (Fsp3) is 0.429. The summed E-state index contributed by atoms with van der Waals surface area (Å²) in [5.74, 6) is 2.03. The second-order valence-electron chi connectivity index (χ2n) is 7.89. The number of anilines is 2. The van der Waals surface area contributed by atoms with Crippen molar-refractivity contribution in [1.82, 2.24) is 25.1 Å². The number of carbonyl (C=O) groups excluding carboxylic acids is 1. The van der Waals surface area contributed by atoms with Crippen molar-refractivity contribution in [1.29, 1.82) is 0 Å². The Morgan fingerprint density at radius 1 is 1.27 bits per heavy atom. The van der Waals surface area contributed by atoms with E-state index in [9.17, 15) is 4.79 Å². The van der Waals surface area contributed by atoms with Gasteiger partial charge in [0.2, 0.25) is 0 Å². The third-order valence-corrected chi connectivity index (χ3v) is 6.03. The number of carbonyl (C=O) groups is 1. The van der Waals surface area contributed by atoms with E-state index >= 15 is 0 Å². The number of aromatic nitrogens is 4. The molecular formula is C21H25N7O2. The van der Waals surface area contributed by atoms with E-state index in [1.807, 2.05) is 42.9 Å². The van der Waals surface area contributed by atoms with Gasteiger partial charge in [0, 0.05) is 37.3 Å². The molecular weight excluding hydrogens is 382 g/mol. The lowest BCUT2D eigenvalue weighted by Crippen LogP contribution is -2.38. The maximum Gasteiger partial charge on any atom is 0.319 e. The van der Waals surface area contributed by atoms with E-state index < -0.39 is 0 Å². The Morgan fingerprint density at radius 3 is 2.73 bits per heavy atom. The van der Waals surface area contributed by atoms with Gasteiger partial charge in [0.1, 0.15) is 11.0 Å². The molecule has 0 aliphatic carbocycles. The van der Waals surface area contributed by atoms with Crippen molar-refractivity contribution < 1.29 is 9.53 Å². The SMILES string of the molecule is CCNC(=O)Nc1ccc(-c2nc(N3CC4OCC3C4C)c3c(cnn3C)n2)cc1. The molecule has 2 aliphatic heterocycles. The number of morpholine rings is 1. The zero-order valence-electron chi connectivity index (χ0n) is 17.3. The van der Waals surface area contributed by atoms with Gasteiger partial charge < -0.3 is 20.3 Å². The highest BCUT2D eigenvalue weighted by atomic mass is 16.5. The number of hydrogen-bond acceptors (Lipinski definition) is 6. The number of aryl methyl sites for hydroxylation is 1. The van der Waals surface area contributed by atoms with Crippen molar-refractivity contribution in [2.45, 2.75) is 26.0 Å². The van der Waals surface area contributed by atoms with Gasteiger partial charge in [-0.3, -0.25) is 4.68 Å². The van der Waals surface area contributed by atoms with Crippen LogP contribution in [-0.4, -0.2) is 57.6 Å². The molecule has 2 bridgehead atoms. The molecule has 2 fully saturated rings. The van der Waals surface area contributed by atoms with E-state index in [4.69, 9.17) is 14.7 Å². The van der Waals surface area contributed by atoms with Crippen LogP contribution < -0.4 is 15.5 Å². The predicted octanol–water partition coefficient (Wildman–Crippen LogP) is 2.40. The second kappa shape index (κ2) is 7.24. The van der Waals surface area contributed by atoms with Crippen LogP contribution in [0.25, 0.3) is 22.4 Å². The minimum absolute atomic E-state index is 0.221. The summed E-state index contributed by atoms with van der Waals surface area (Å²) in [4.78, 5) is 23.8. The summed E-state index contributed by atoms with van der Waals surface area (Å²) >= 11 is 0. The molecule has 156 valence electrons. The normalized spacial score (nSPS) is 22.6. The Morgan fingerprint density at radius 2 is 2.07 bits per heavy atom. The average molecular weight is 407 g/mol. The smallest absolute Gasteiger partial charge is 0.319 e. The van der Waals surface area contributed by atoms with Gasteiger partial charge in [0.25, 0.3) is 0 Å². The number of amides is 2. The first-order chi connectivity index (χ1) is 14.5. The second-order valence-corrected chi connectivity index (χ2v) is 7.89. The Hall–Kier alpha value is -3.20. The average Bonchev–Trinajstić information content (AvgIpc) is 3.40. The molecule has 1 aromatic carbocycles. The molecule has 3 aromatic rings. The quantitative estimate of drug-likeness (QED) is 0.689. The highest BCUT2D eigenvalue weighted by Crippen LogP contribution is 2.39. The van der Waals surface area contributed by atoms with Crippen LogP contribution in [0.1, 0.15) is 13.8 Å². The molecule has 3 unspecified atom stereocenters. The van der Waals surface area contributed by atoms with Crippen molar-refractivity contribution in [2.75, 3.05) is 29.9 Å². The highest BCUT2D eigenvalue weighted by molar-refractivity contribution is 5.90. The third kappa shape index (κ3) is 3.06. The minimum Gasteiger partial charge on any atom is -0.374 e. The van der Waals surface area contributed by atoms with Crippen molar-refractivity contribution >= 4 is 28.6 Å². The van der Waals surface area contributed by atoms with Gasteiger partial charge in [-0.1, -0.05) is 6.92 Å². The topological polar surface area (TPSA) is 97.2 Å². The molecule has 4 heterocycles. The van der Waals surface area contributed by atoms with Gasteiger partial charge in [-0.05, 0) is 31.2 Å². The number of urea groups is 1. The molecule has 0 spiro atoms. The maximum absolute atomic E-state index is 11.7. The van der Waals surface area contributed by atoms with Crippen molar-refractivity contribution in [2.24, 2.45) is 13.0 Å². The zero-order chi connectivity index (χ0) is 20.8. The maximum atomic E-state index is 11.7. The lowest BCUT2D eigenvalue weighted by atomic mass is 10.1. The van der Waals surface area contributed by atoms with Gasteiger partial charge in [-0.2, -0.15) is 5.10 Å². The van der Waals surface area contributed by atoms with Crippen molar-refractivity contribution in [3.63, 3.8) is 0 Å². The molecule has 0 radical (unpaired) electrons. The van der Waals surface area contributed by atoms with E-state index in [0.29, 0.717) is 24.3 Å². The van der Waals surface area contributed by atoms with Crippen LogP contribution in [0, 0.1) is 5.92 Å². The molecule has 2 aliphatic rings. The summed E-state index contributed by atoms with van der Waals surface area (Å²) in [6, 6.07) is 7.65. The molecule has 2 N–H and O–H groups in total. The van der Waals surface area contributed by atoms with Gasteiger partial charge in [-0.25, -0.2) is 14.8 Å². The fourth-order valence-corrected chi connectivity index (χ4v) is 4.37. The Balaban J connectivity index is 1.51. The fourth-order valence-electron chi connectivity index (χ4n) is 4.37. The summed E-state index contributed by atoms with van der Waals surface area (Å²) in [6.07, 6.45) is 2.03. The van der Waals surface area contributed by atoms with E-state index in [2.05, 4.69) is 27.6 Å². The number of nitrogens with one attached hydrogen (secondary N) is 2. The van der Waals surface area contributed by atoms with Crippen LogP contribution in [0.3, 0.4) is 0 Å². The van der Waals surface area contributed by atoms with Crippen LogP contribution in [-0.2, 0) is 11.8 Å². The number of benzene rings is 1. The number of rotatable bonds is 4. The van der Waals surface area contributed by atoms with Crippen molar-refractivity contribution in [3.8, 4) is 11.4 Å². The Labute approximate surface area is 174 Å². The third-order valence-electron chi connectivity index (χ3n) is 6.03. The molecule has 3 atom stereocenters. The van der Waals surface area contributed by atoms with Crippen LogP contribution in [0.2, 0.25) is 0 Å². The largest absolute Gasteiger partial charge is 0.374 e. The van der Waals surface area contributed by atoms with E-state index in [0.717, 1.165) is 41.3 Å². The number of hydrogen-bond donors (Lipinski definition) is 2. The molecule has 5 rings (SSSR count). The van der Waals surface area contributed by atoms with E-state index in [1.54, 1.807) is 6.20 Å². The van der Waals surface area contributed by atoms with Gasteiger partial charge in [-0.15, -0.1) is 0 Å². The Bertz CT molecular complexity index is 1090. The molecule has 9 heteroatoms. The molecule has 9 nitrogen and oxygen atoms in total. The van der Waals surface area contributed by atoms with Crippen LogP contribution >= 0.6 is 0 Å². The minimum atomic E-state index is -0.221. The Kier molecular flexibility index (Phi) is 4.54. The van der Waals surface area contributed by atoms with E-state index in [1.165, 1.54) is 0 Å². The molecule has 30 heavy (non-hydrogen) atoms. The predicted molar refractivity (Wildman–Crippen MR) is 114 cm³/mol. The summed E-state index contributed by atoms with van der Waals surface area (Å²) < 4.78 is 7.71. The molecule has 0 saturated carbocycles. The van der Waals surface area contributed by atoms with E-state index in [-0.39, 0.29) is 12.1 Å². The summed E-state index contributed by atoms with van der Waals surface area (Å²) in [7, 11) is 1.92. The standard InChI is InChI=1S/C21H25N7O2/c1-4-22-21(29)24-14-7-5-13(6-8-14)19-25-15-9-23-27(3)18(15)20(26-19)28-10-17-12(2)16(28)11-30-17/h5-9,12,16-17H,4,10-11H2,1-3H3,(H2,22,24,29). The number of fused-ring (bicyclic) bond motifs is 3. The lowest BCUT2D eigenvalue weighted by Gasteiger charge is -2.29. The number of nitrogens with zero attached hydrogens (tertiary/aromatic N) is 5. The summed E-state index contributed by atoms with van der Waals surface area (Å²) in [6.45, 7) is 6.26. The van der Waals surface area contributed by atoms with Crippen molar-refractivity contribution in [3.05, 3.63) is 30.5 Å². The highest BCUT2D eigenvalue weighted by Gasteiger charge is 2.46. The summed E-state index contributed by atoms with van der Waals surface area (Å²) in [5.41, 5.74) is 3.36. The first-order valence-corrected chi connectivity index (χ1v) is 10.3. The van der Waals surface area contributed by atoms with Crippen LogP contribution in [0.15, 0.2) is 30.5 Å². The molecule has 2 aromatic heterocycles. The zero-order valence-corrected chi connectivity index (χ0v) is 17.3. The van der Waals surface area contributed by atoms with Crippen LogP contribution in [0.4, 0.5) is 16.3 Å². The van der Waals surface area contributed by atoms with Crippen LogP contribution in [0.5, 0.6) is 0 Å². The summed E-state index contributed by atoms with van der Waals surface area (Å²) in [5, 5.41) is 9.94. The van der Waals surface area contributed by atoms with Gasteiger partial charge in [0.15, 0.2) is 11.6 Å². The first kappa shape index (κ1) is 18.8. The monoisotopic (exact) mass is 407 g/mol. The van der Waals surface area contributed by atoms with Gasteiger partial charge >= 0.3 is 6.03 Å². The molecule has 2 saturated heterocycles.